The molecule has 1 aromatic heterocycles. The van der Waals surface area contributed by atoms with E-state index in [4.69, 9.17) is 10.5 Å². The number of amides is 3. The van der Waals surface area contributed by atoms with E-state index in [1.54, 1.807) is 11.0 Å². The highest BCUT2D eigenvalue weighted by atomic mass is 32.1. The predicted octanol–water partition coefficient (Wildman–Crippen LogP) is 1.33. The zero-order valence-corrected chi connectivity index (χ0v) is 16.9. The van der Waals surface area contributed by atoms with Gasteiger partial charge in [0.2, 0.25) is 17.7 Å². The Labute approximate surface area is 173 Å². The van der Waals surface area contributed by atoms with E-state index in [1.807, 2.05) is 23.6 Å². The number of thiophene rings is 1. The minimum Gasteiger partial charge on any atom is -0.369 e. The topological polar surface area (TPSA) is 102 Å². The van der Waals surface area contributed by atoms with Gasteiger partial charge < -0.3 is 20.7 Å². The molecule has 2 bridgehead atoms. The number of fused-ring (bicyclic) bond motifs is 1. The van der Waals surface area contributed by atoms with Crippen LogP contribution in [-0.2, 0) is 25.7 Å². The van der Waals surface area contributed by atoms with Crippen molar-refractivity contribution in [2.45, 2.75) is 62.4 Å². The highest BCUT2D eigenvalue weighted by Crippen LogP contribution is 2.55. The summed E-state index contributed by atoms with van der Waals surface area (Å²) in [5.41, 5.74) is 4.52. The van der Waals surface area contributed by atoms with E-state index in [0.29, 0.717) is 6.54 Å². The SMILES string of the molecule is NC(=O)[C@H]1[C@@H]2C=C[C@@]3(O2)[C@H](C(=O)NC2CCCCC2)N(Cc2cccs2)C(=O)[C@@H]13. The first-order chi connectivity index (χ1) is 14.0. The van der Waals surface area contributed by atoms with Crippen molar-refractivity contribution in [2.24, 2.45) is 17.6 Å². The summed E-state index contributed by atoms with van der Waals surface area (Å²) >= 11 is 1.54. The average Bonchev–Trinajstić information content (AvgIpc) is 3.45. The molecular formula is C21H25N3O4S. The Morgan fingerprint density at radius 1 is 1.31 bits per heavy atom. The Kier molecular flexibility index (Phi) is 4.51. The zero-order valence-electron chi connectivity index (χ0n) is 16.1. The van der Waals surface area contributed by atoms with Crippen LogP contribution >= 0.6 is 11.3 Å². The second-order valence-corrected chi connectivity index (χ2v) is 9.52. The van der Waals surface area contributed by atoms with Crippen molar-refractivity contribution in [2.75, 3.05) is 0 Å². The number of carbonyl (C=O) groups excluding carboxylic acids is 3. The summed E-state index contributed by atoms with van der Waals surface area (Å²) in [4.78, 5) is 41.6. The van der Waals surface area contributed by atoms with E-state index in [2.05, 4.69) is 5.32 Å². The van der Waals surface area contributed by atoms with Crippen LogP contribution in [0.3, 0.4) is 0 Å². The van der Waals surface area contributed by atoms with Gasteiger partial charge in [0.05, 0.1) is 24.5 Å². The maximum absolute atomic E-state index is 13.5. The van der Waals surface area contributed by atoms with Crippen LogP contribution < -0.4 is 11.1 Å². The summed E-state index contributed by atoms with van der Waals surface area (Å²) in [6.07, 6.45) is 8.38. The van der Waals surface area contributed by atoms with Crippen molar-refractivity contribution in [1.82, 2.24) is 10.2 Å². The van der Waals surface area contributed by atoms with Gasteiger partial charge in [0, 0.05) is 10.9 Å². The minimum atomic E-state index is -1.11. The first-order valence-electron chi connectivity index (χ1n) is 10.3. The molecule has 1 aromatic rings. The van der Waals surface area contributed by atoms with Crippen LogP contribution in [0.25, 0.3) is 0 Å². The molecule has 5 atom stereocenters. The number of nitrogens with two attached hydrogens (primary N) is 1. The fourth-order valence-electron chi connectivity index (χ4n) is 5.56. The molecule has 5 rings (SSSR count). The molecule has 8 heteroatoms. The molecule has 154 valence electrons. The number of carbonyl (C=O) groups is 3. The number of nitrogens with one attached hydrogen (secondary N) is 1. The maximum Gasteiger partial charge on any atom is 0.246 e. The third kappa shape index (κ3) is 2.84. The second kappa shape index (κ2) is 6.95. The smallest absolute Gasteiger partial charge is 0.246 e. The van der Waals surface area contributed by atoms with Crippen LogP contribution in [0.4, 0.5) is 0 Å². The van der Waals surface area contributed by atoms with Gasteiger partial charge in [-0.2, -0.15) is 0 Å². The molecule has 0 unspecified atom stereocenters. The maximum atomic E-state index is 13.5. The minimum absolute atomic E-state index is 0.125. The van der Waals surface area contributed by atoms with E-state index in [0.717, 1.165) is 30.6 Å². The lowest BCUT2D eigenvalue weighted by atomic mass is 9.74. The summed E-state index contributed by atoms with van der Waals surface area (Å²) in [6.45, 7) is 0.324. The van der Waals surface area contributed by atoms with Gasteiger partial charge in [-0.05, 0) is 24.3 Å². The summed E-state index contributed by atoms with van der Waals surface area (Å²) in [7, 11) is 0. The van der Waals surface area contributed by atoms with Gasteiger partial charge in [0.25, 0.3) is 0 Å². The Hall–Kier alpha value is -2.19. The zero-order chi connectivity index (χ0) is 20.2. The van der Waals surface area contributed by atoms with Crippen molar-refractivity contribution in [3.05, 3.63) is 34.5 Å². The van der Waals surface area contributed by atoms with Crippen LogP contribution in [0.2, 0.25) is 0 Å². The molecule has 1 saturated carbocycles. The normalized spacial score (nSPS) is 35.9. The third-order valence-corrected chi connectivity index (χ3v) is 7.67. The van der Waals surface area contributed by atoms with Gasteiger partial charge >= 0.3 is 0 Å². The molecule has 2 saturated heterocycles. The highest BCUT2D eigenvalue weighted by molar-refractivity contribution is 7.09. The Morgan fingerprint density at radius 3 is 2.79 bits per heavy atom. The summed E-state index contributed by atoms with van der Waals surface area (Å²) < 4.78 is 6.17. The molecule has 3 aliphatic heterocycles. The lowest BCUT2D eigenvalue weighted by Crippen LogP contribution is -2.56. The van der Waals surface area contributed by atoms with Gasteiger partial charge in [-0.3, -0.25) is 14.4 Å². The van der Waals surface area contributed by atoms with Crippen molar-refractivity contribution in [3.63, 3.8) is 0 Å². The van der Waals surface area contributed by atoms with Crippen LogP contribution in [0, 0.1) is 11.8 Å². The fourth-order valence-corrected chi connectivity index (χ4v) is 6.26. The molecule has 3 fully saturated rings. The number of rotatable bonds is 5. The van der Waals surface area contributed by atoms with Crippen molar-refractivity contribution in [3.8, 4) is 0 Å². The van der Waals surface area contributed by atoms with Crippen molar-refractivity contribution >= 4 is 29.1 Å². The number of hydrogen-bond donors (Lipinski definition) is 2. The quantitative estimate of drug-likeness (QED) is 0.709. The summed E-state index contributed by atoms with van der Waals surface area (Å²) in [5.74, 6) is -2.44. The monoisotopic (exact) mass is 415 g/mol. The number of likely N-dealkylation sites (tertiary alicyclic amines) is 1. The van der Waals surface area contributed by atoms with Crippen molar-refractivity contribution in [1.29, 1.82) is 0 Å². The first-order valence-corrected chi connectivity index (χ1v) is 11.2. The molecule has 7 nitrogen and oxygen atoms in total. The first kappa shape index (κ1) is 18.8. The molecule has 3 N–H and O–H groups in total. The Balaban J connectivity index is 1.49. The van der Waals surface area contributed by atoms with Crippen LogP contribution in [-0.4, -0.2) is 46.4 Å². The van der Waals surface area contributed by atoms with Crippen LogP contribution in [0.15, 0.2) is 29.7 Å². The molecule has 1 aliphatic carbocycles. The molecule has 3 amide bonds. The van der Waals surface area contributed by atoms with Crippen molar-refractivity contribution < 1.29 is 19.1 Å². The Morgan fingerprint density at radius 2 is 2.10 bits per heavy atom. The molecule has 0 aromatic carbocycles. The lowest BCUT2D eigenvalue weighted by Gasteiger charge is -2.34. The number of hydrogen-bond acceptors (Lipinski definition) is 5. The predicted molar refractivity (Wildman–Crippen MR) is 107 cm³/mol. The van der Waals surface area contributed by atoms with Crippen LogP contribution in [0.5, 0.6) is 0 Å². The summed E-state index contributed by atoms with van der Waals surface area (Å²) in [6, 6.07) is 3.19. The molecule has 4 aliphatic rings. The second-order valence-electron chi connectivity index (χ2n) is 8.49. The van der Waals surface area contributed by atoms with Gasteiger partial charge in [-0.15, -0.1) is 11.3 Å². The van der Waals surface area contributed by atoms with E-state index in [9.17, 15) is 14.4 Å². The number of primary amides is 1. The fraction of sp³-hybridized carbons (Fsp3) is 0.571. The number of nitrogens with zero attached hydrogens (tertiary/aromatic N) is 1. The average molecular weight is 416 g/mol. The number of ether oxygens (including phenoxy) is 1. The van der Waals surface area contributed by atoms with Gasteiger partial charge in [-0.1, -0.05) is 37.5 Å². The molecular weight excluding hydrogens is 390 g/mol. The van der Waals surface area contributed by atoms with E-state index < -0.39 is 35.5 Å². The van der Waals surface area contributed by atoms with E-state index in [1.165, 1.54) is 17.8 Å². The van der Waals surface area contributed by atoms with Gasteiger partial charge in [-0.25, -0.2) is 0 Å². The van der Waals surface area contributed by atoms with E-state index >= 15 is 0 Å². The van der Waals surface area contributed by atoms with Gasteiger partial charge in [0.15, 0.2) is 0 Å². The molecule has 4 heterocycles. The largest absolute Gasteiger partial charge is 0.369 e. The summed E-state index contributed by atoms with van der Waals surface area (Å²) in [5, 5.41) is 5.11. The van der Waals surface area contributed by atoms with E-state index in [-0.39, 0.29) is 17.9 Å². The highest BCUT2D eigenvalue weighted by Gasteiger charge is 2.72. The third-order valence-electron chi connectivity index (χ3n) is 6.81. The molecule has 1 spiro atoms. The standard InChI is InChI=1S/C21H25N3O4S/c22-18(25)15-14-8-9-21(28-14)16(15)20(27)24(11-13-7-4-10-29-13)17(21)19(26)23-12-5-2-1-3-6-12/h4,7-10,12,14-17H,1-3,5-6,11H2,(H2,22,25)(H,23,26)/t14-,15-,16+,17-,21-/m0/s1. The lowest BCUT2D eigenvalue weighted by molar-refractivity contribution is -0.142. The molecule has 29 heavy (non-hydrogen) atoms. The Bertz CT molecular complexity index is 863. The van der Waals surface area contributed by atoms with Gasteiger partial charge in [0.1, 0.15) is 11.6 Å². The molecule has 0 radical (unpaired) electrons. The van der Waals surface area contributed by atoms with Crippen LogP contribution in [0.1, 0.15) is 37.0 Å².